The molecule has 0 aliphatic carbocycles. The highest BCUT2D eigenvalue weighted by atomic mass is 32.1. The van der Waals surface area contributed by atoms with E-state index in [4.69, 9.17) is 4.74 Å². The number of hydrogen-bond donors (Lipinski definition) is 1. The van der Waals surface area contributed by atoms with Crippen molar-refractivity contribution in [1.82, 2.24) is 15.2 Å². The third-order valence-corrected chi connectivity index (χ3v) is 3.86. The van der Waals surface area contributed by atoms with Gasteiger partial charge < -0.3 is 15.0 Å². The molecule has 1 unspecified atom stereocenters. The topological polar surface area (TPSA) is 54.5 Å². The average Bonchev–Trinajstić information content (AvgIpc) is 2.72. The molecule has 0 aromatic carbocycles. The van der Waals surface area contributed by atoms with Crippen molar-refractivity contribution < 1.29 is 9.53 Å². The minimum Gasteiger partial charge on any atom is -0.444 e. The summed E-state index contributed by atoms with van der Waals surface area (Å²) in [6, 6.07) is 0.614. The first-order valence-electron chi connectivity index (χ1n) is 6.47. The summed E-state index contributed by atoms with van der Waals surface area (Å²) in [5, 5.41) is 3.49. The summed E-state index contributed by atoms with van der Waals surface area (Å²) in [6.45, 7) is 9.17. The predicted octanol–water partition coefficient (Wildman–Crippen LogP) is 2.41. The van der Waals surface area contributed by atoms with E-state index in [0.29, 0.717) is 19.1 Å². The number of thiazole rings is 1. The van der Waals surface area contributed by atoms with Crippen molar-refractivity contribution in [2.45, 2.75) is 45.4 Å². The molecule has 0 radical (unpaired) electrons. The number of rotatable bonds is 3. The Balaban J connectivity index is 1.73. The fourth-order valence-corrected chi connectivity index (χ4v) is 2.57. The smallest absolute Gasteiger partial charge is 0.410 e. The van der Waals surface area contributed by atoms with Gasteiger partial charge in [-0.3, -0.25) is 4.98 Å². The molecule has 0 saturated carbocycles. The average molecular weight is 283 g/mol. The van der Waals surface area contributed by atoms with E-state index in [2.05, 4.69) is 17.2 Å². The van der Waals surface area contributed by atoms with Crippen LogP contribution in [-0.4, -0.2) is 40.7 Å². The van der Waals surface area contributed by atoms with E-state index in [-0.39, 0.29) is 12.1 Å². The van der Waals surface area contributed by atoms with Crippen LogP contribution in [-0.2, 0) is 4.74 Å². The van der Waals surface area contributed by atoms with Crippen LogP contribution < -0.4 is 5.32 Å². The van der Waals surface area contributed by atoms with E-state index in [1.54, 1.807) is 16.2 Å². The lowest BCUT2D eigenvalue weighted by molar-refractivity contribution is 0.00437. The zero-order valence-electron chi connectivity index (χ0n) is 11.8. The molecule has 1 aromatic heterocycles. The molecule has 1 N–H and O–H groups in total. The second-order valence-electron chi connectivity index (χ2n) is 5.87. The Morgan fingerprint density at radius 3 is 2.79 bits per heavy atom. The van der Waals surface area contributed by atoms with Gasteiger partial charge in [0.15, 0.2) is 0 Å². The molecule has 0 spiro atoms. The Morgan fingerprint density at radius 2 is 2.26 bits per heavy atom. The van der Waals surface area contributed by atoms with E-state index < -0.39 is 5.60 Å². The first kappa shape index (κ1) is 14.3. The van der Waals surface area contributed by atoms with Gasteiger partial charge in [0.2, 0.25) is 0 Å². The van der Waals surface area contributed by atoms with Crippen LogP contribution in [0.15, 0.2) is 11.7 Å². The molecular weight excluding hydrogens is 262 g/mol. The summed E-state index contributed by atoms with van der Waals surface area (Å²) in [5.74, 6) is 0. The molecule has 0 bridgehead atoms. The zero-order valence-corrected chi connectivity index (χ0v) is 12.7. The van der Waals surface area contributed by atoms with Gasteiger partial charge in [0.1, 0.15) is 5.60 Å². The number of nitrogens with one attached hydrogen (secondary N) is 1. The maximum atomic E-state index is 11.8. The van der Waals surface area contributed by atoms with Gasteiger partial charge in [-0.25, -0.2) is 4.79 Å². The third-order valence-electron chi connectivity index (χ3n) is 2.90. The first-order valence-corrected chi connectivity index (χ1v) is 7.35. The molecule has 2 heterocycles. The number of carbonyl (C=O) groups is 1. The quantitative estimate of drug-likeness (QED) is 0.925. The molecular formula is C13H21N3O2S. The normalized spacial score (nSPS) is 18.0. The number of amides is 1. The van der Waals surface area contributed by atoms with Crippen LogP contribution in [0.3, 0.4) is 0 Å². The highest BCUT2D eigenvalue weighted by Gasteiger charge is 2.34. The lowest BCUT2D eigenvalue weighted by Crippen LogP contribution is -2.60. The minimum absolute atomic E-state index is 0.226. The van der Waals surface area contributed by atoms with E-state index in [0.717, 1.165) is 0 Å². The van der Waals surface area contributed by atoms with E-state index >= 15 is 0 Å². The summed E-state index contributed by atoms with van der Waals surface area (Å²) in [6.07, 6.45) is 1.66. The van der Waals surface area contributed by atoms with Crippen LogP contribution in [0.25, 0.3) is 0 Å². The molecule has 1 atom stereocenters. The standard InChI is InChI=1S/C13H21N3O2S/c1-9(11-5-14-8-19-11)15-10-6-16(7-10)12(17)18-13(2,3)4/h5,8-10,15H,6-7H2,1-4H3. The Kier molecular flexibility index (Phi) is 4.10. The molecule has 6 heteroatoms. The van der Waals surface area contributed by atoms with Crippen LogP contribution in [0.5, 0.6) is 0 Å². The van der Waals surface area contributed by atoms with Gasteiger partial charge in [-0.1, -0.05) is 0 Å². The highest BCUT2D eigenvalue weighted by Crippen LogP contribution is 2.20. The van der Waals surface area contributed by atoms with Gasteiger partial charge in [0.25, 0.3) is 0 Å². The lowest BCUT2D eigenvalue weighted by atomic mass is 10.1. The van der Waals surface area contributed by atoms with Crippen molar-refractivity contribution >= 4 is 17.4 Å². The van der Waals surface area contributed by atoms with E-state index in [1.165, 1.54) is 4.88 Å². The molecule has 5 nitrogen and oxygen atoms in total. The van der Waals surface area contributed by atoms with Crippen molar-refractivity contribution in [2.24, 2.45) is 0 Å². The first-order chi connectivity index (χ1) is 8.85. The summed E-state index contributed by atoms with van der Waals surface area (Å²) in [4.78, 5) is 18.8. The monoisotopic (exact) mass is 283 g/mol. The van der Waals surface area contributed by atoms with Crippen LogP contribution in [0.1, 0.15) is 38.6 Å². The van der Waals surface area contributed by atoms with Crippen LogP contribution in [0.4, 0.5) is 4.79 Å². The molecule has 1 aliphatic heterocycles. The largest absolute Gasteiger partial charge is 0.444 e. The van der Waals surface area contributed by atoms with Crippen molar-refractivity contribution in [2.75, 3.05) is 13.1 Å². The minimum atomic E-state index is -0.425. The Morgan fingerprint density at radius 1 is 1.58 bits per heavy atom. The maximum absolute atomic E-state index is 11.8. The van der Waals surface area contributed by atoms with Crippen LogP contribution in [0, 0.1) is 0 Å². The van der Waals surface area contributed by atoms with E-state index in [1.807, 2.05) is 32.5 Å². The molecule has 1 amide bonds. The lowest BCUT2D eigenvalue weighted by Gasteiger charge is -2.41. The van der Waals surface area contributed by atoms with Crippen molar-refractivity contribution in [3.8, 4) is 0 Å². The van der Waals surface area contributed by atoms with Crippen LogP contribution >= 0.6 is 11.3 Å². The second kappa shape index (κ2) is 5.46. The Bertz CT molecular complexity index is 422. The number of hydrogen-bond acceptors (Lipinski definition) is 5. The van der Waals surface area contributed by atoms with Crippen molar-refractivity contribution in [3.05, 3.63) is 16.6 Å². The molecule has 19 heavy (non-hydrogen) atoms. The number of aromatic nitrogens is 1. The fourth-order valence-electron chi connectivity index (χ4n) is 1.93. The van der Waals surface area contributed by atoms with Crippen molar-refractivity contribution in [3.63, 3.8) is 0 Å². The second-order valence-corrected chi connectivity index (χ2v) is 6.79. The van der Waals surface area contributed by atoms with E-state index in [9.17, 15) is 4.79 Å². The predicted molar refractivity (Wildman–Crippen MR) is 75.3 cm³/mol. The summed E-state index contributed by atoms with van der Waals surface area (Å²) < 4.78 is 5.32. The summed E-state index contributed by atoms with van der Waals surface area (Å²) in [7, 11) is 0. The van der Waals surface area contributed by atoms with Gasteiger partial charge in [-0.05, 0) is 27.7 Å². The van der Waals surface area contributed by atoms with Gasteiger partial charge in [0.05, 0.1) is 5.51 Å². The Labute approximate surface area is 118 Å². The molecule has 1 fully saturated rings. The number of likely N-dealkylation sites (tertiary alicyclic amines) is 1. The fraction of sp³-hybridized carbons (Fsp3) is 0.692. The van der Waals surface area contributed by atoms with Crippen LogP contribution in [0.2, 0.25) is 0 Å². The summed E-state index contributed by atoms with van der Waals surface area (Å²) >= 11 is 1.64. The van der Waals surface area contributed by atoms with Gasteiger partial charge in [0, 0.05) is 36.2 Å². The molecule has 1 aliphatic rings. The molecule has 1 aromatic rings. The van der Waals surface area contributed by atoms with Gasteiger partial charge in [-0.15, -0.1) is 11.3 Å². The molecule has 106 valence electrons. The molecule has 2 rings (SSSR count). The van der Waals surface area contributed by atoms with Gasteiger partial charge >= 0.3 is 6.09 Å². The third kappa shape index (κ3) is 3.91. The Hall–Kier alpha value is -1.14. The van der Waals surface area contributed by atoms with Crippen molar-refractivity contribution in [1.29, 1.82) is 0 Å². The highest BCUT2D eigenvalue weighted by molar-refractivity contribution is 7.09. The summed E-state index contributed by atoms with van der Waals surface area (Å²) in [5.41, 5.74) is 1.41. The van der Waals surface area contributed by atoms with Gasteiger partial charge in [-0.2, -0.15) is 0 Å². The zero-order chi connectivity index (χ0) is 14.0. The molecule has 1 saturated heterocycles. The number of nitrogens with zero attached hydrogens (tertiary/aromatic N) is 2. The SMILES string of the molecule is CC(NC1CN(C(=O)OC(C)(C)C)C1)c1cncs1. The maximum Gasteiger partial charge on any atom is 0.410 e. The number of carbonyl (C=O) groups excluding carboxylic acids is 1. The number of ether oxygens (including phenoxy) is 1.